The van der Waals surface area contributed by atoms with Crippen molar-refractivity contribution in [3.63, 3.8) is 0 Å². The molecule has 1 aliphatic rings. The van der Waals surface area contributed by atoms with Gasteiger partial charge in [0.1, 0.15) is 0 Å². The number of rotatable bonds is 5. The predicted molar refractivity (Wildman–Crippen MR) is 108 cm³/mol. The van der Waals surface area contributed by atoms with Gasteiger partial charge >= 0.3 is 12.2 Å². The quantitative estimate of drug-likeness (QED) is 0.721. The Morgan fingerprint density at radius 1 is 1.27 bits per heavy atom. The summed E-state index contributed by atoms with van der Waals surface area (Å²) in [6.07, 6.45) is -0.368. The van der Waals surface area contributed by atoms with Crippen molar-refractivity contribution >= 4 is 6.03 Å². The molecule has 1 atom stereocenters. The number of carbonyl (C=O) groups is 1. The van der Waals surface area contributed by atoms with Gasteiger partial charge in [-0.15, -0.1) is 0 Å². The molecule has 0 spiro atoms. The third-order valence-corrected chi connectivity index (χ3v) is 3.75. The van der Waals surface area contributed by atoms with Crippen molar-refractivity contribution in [2.75, 3.05) is 13.2 Å². The largest absolute Gasteiger partial charge is 0.468 e. The van der Waals surface area contributed by atoms with E-state index in [2.05, 4.69) is 39.3 Å². The van der Waals surface area contributed by atoms with Gasteiger partial charge in [-0.2, -0.15) is 13.2 Å². The van der Waals surface area contributed by atoms with Crippen LogP contribution in [0.15, 0.2) is 48.7 Å². The van der Waals surface area contributed by atoms with Crippen molar-refractivity contribution in [1.29, 1.82) is 0 Å². The lowest BCUT2D eigenvalue weighted by Crippen LogP contribution is -2.28. The van der Waals surface area contributed by atoms with Gasteiger partial charge in [0.05, 0.1) is 6.10 Å². The Labute approximate surface area is 174 Å². The van der Waals surface area contributed by atoms with Gasteiger partial charge in [-0.05, 0) is 30.0 Å². The number of hydrogen-bond donors (Lipinski definition) is 2. The Bertz CT molecular complexity index is 737. The van der Waals surface area contributed by atoms with Crippen LogP contribution in [0.4, 0.5) is 18.0 Å². The van der Waals surface area contributed by atoms with E-state index in [0.29, 0.717) is 11.7 Å². The fourth-order valence-corrected chi connectivity index (χ4v) is 2.49. The molecule has 9 heteroatoms. The van der Waals surface area contributed by atoms with Crippen LogP contribution in [0.1, 0.15) is 43.9 Å². The van der Waals surface area contributed by atoms with Crippen molar-refractivity contribution < 1.29 is 27.4 Å². The SMILES string of the molecule is CC.NC(=O)NCc1ccnc(OCC(F)(F)F)c1.c1ccc(C2CCCO2)cc1. The number of benzene rings is 1. The molecule has 0 bridgehead atoms. The summed E-state index contributed by atoms with van der Waals surface area (Å²) in [5.74, 6) is -0.161. The second kappa shape index (κ2) is 13.4. The average molecular weight is 427 g/mol. The van der Waals surface area contributed by atoms with Gasteiger partial charge in [-0.3, -0.25) is 0 Å². The van der Waals surface area contributed by atoms with Crippen LogP contribution in [-0.4, -0.2) is 30.4 Å². The van der Waals surface area contributed by atoms with Gasteiger partial charge in [-0.25, -0.2) is 9.78 Å². The Balaban J connectivity index is 0.000000296. The maximum Gasteiger partial charge on any atom is 0.422 e. The average Bonchev–Trinajstić information content (AvgIpc) is 3.28. The van der Waals surface area contributed by atoms with E-state index in [1.165, 1.54) is 36.7 Å². The van der Waals surface area contributed by atoms with Crippen LogP contribution in [0.2, 0.25) is 0 Å². The highest BCUT2D eigenvalue weighted by molar-refractivity contribution is 5.71. The number of primary amides is 1. The molecular formula is C21H28F3N3O3. The third-order valence-electron chi connectivity index (χ3n) is 3.75. The second-order valence-corrected chi connectivity index (χ2v) is 6.04. The number of pyridine rings is 1. The first-order chi connectivity index (χ1) is 14.3. The molecule has 6 nitrogen and oxygen atoms in total. The summed E-state index contributed by atoms with van der Waals surface area (Å²) in [6, 6.07) is 12.5. The van der Waals surface area contributed by atoms with Crippen LogP contribution in [0.3, 0.4) is 0 Å². The summed E-state index contributed by atoms with van der Waals surface area (Å²) in [7, 11) is 0. The molecule has 2 aromatic rings. The Hall–Kier alpha value is -2.81. The number of nitrogens with one attached hydrogen (secondary N) is 1. The monoisotopic (exact) mass is 427 g/mol. The van der Waals surface area contributed by atoms with E-state index in [-0.39, 0.29) is 12.4 Å². The standard InChI is InChI=1S/C10H12O.C9H10F3N3O2.C2H6/c1-2-5-9(6-3-1)10-7-4-8-11-10;10-9(11,12)5-17-7-3-6(1-2-14-7)4-15-8(13)16;1-2/h1-3,5-6,10H,4,7-8H2;1-3H,4-5H2,(H3,13,15,16);1-2H3. The predicted octanol–water partition coefficient (Wildman–Crippen LogP) is 4.76. The fourth-order valence-electron chi connectivity index (χ4n) is 2.49. The molecule has 0 saturated carbocycles. The second-order valence-electron chi connectivity index (χ2n) is 6.04. The maximum absolute atomic E-state index is 11.9. The van der Waals surface area contributed by atoms with E-state index in [0.717, 1.165) is 6.61 Å². The van der Waals surface area contributed by atoms with E-state index in [9.17, 15) is 18.0 Å². The summed E-state index contributed by atoms with van der Waals surface area (Å²) < 4.78 is 45.6. The minimum absolute atomic E-state index is 0.0975. The molecule has 3 N–H and O–H groups in total. The van der Waals surface area contributed by atoms with E-state index in [4.69, 9.17) is 10.5 Å². The minimum atomic E-state index is -4.41. The van der Waals surface area contributed by atoms with Crippen LogP contribution in [0.25, 0.3) is 0 Å². The Morgan fingerprint density at radius 3 is 2.53 bits per heavy atom. The molecule has 3 rings (SSSR count). The molecule has 166 valence electrons. The van der Waals surface area contributed by atoms with E-state index >= 15 is 0 Å². The van der Waals surface area contributed by atoms with Gasteiger partial charge in [0.15, 0.2) is 6.61 Å². The zero-order valence-corrected chi connectivity index (χ0v) is 17.1. The maximum atomic E-state index is 11.9. The van der Waals surface area contributed by atoms with Gasteiger partial charge in [0, 0.05) is 25.4 Å². The lowest BCUT2D eigenvalue weighted by molar-refractivity contribution is -0.154. The molecule has 30 heavy (non-hydrogen) atoms. The highest BCUT2D eigenvalue weighted by Gasteiger charge is 2.28. The third kappa shape index (κ3) is 10.7. The number of aromatic nitrogens is 1. The molecule has 0 aliphatic carbocycles. The molecule has 1 saturated heterocycles. The Morgan fingerprint density at radius 2 is 1.97 bits per heavy atom. The van der Waals surface area contributed by atoms with Crippen LogP contribution >= 0.6 is 0 Å². The number of nitrogens with zero attached hydrogens (tertiary/aromatic N) is 1. The molecular weight excluding hydrogens is 399 g/mol. The first-order valence-electron chi connectivity index (χ1n) is 9.68. The number of urea groups is 1. The van der Waals surface area contributed by atoms with Gasteiger partial charge in [0.2, 0.25) is 5.88 Å². The van der Waals surface area contributed by atoms with Crippen molar-refractivity contribution in [3.05, 3.63) is 59.8 Å². The summed E-state index contributed by atoms with van der Waals surface area (Å²) in [5, 5.41) is 2.29. The number of alkyl halides is 3. The Kier molecular flexibility index (Phi) is 11.3. The molecule has 2 heterocycles. The summed E-state index contributed by atoms with van der Waals surface area (Å²) in [5.41, 5.74) is 6.71. The fraction of sp³-hybridized carbons (Fsp3) is 0.429. The smallest absolute Gasteiger partial charge is 0.422 e. The van der Waals surface area contributed by atoms with Crippen molar-refractivity contribution in [3.8, 4) is 5.88 Å². The zero-order valence-electron chi connectivity index (χ0n) is 17.1. The van der Waals surface area contributed by atoms with Crippen LogP contribution in [0, 0.1) is 0 Å². The van der Waals surface area contributed by atoms with Crippen molar-refractivity contribution in [2.45, 2.75) is 45.5 Å². The van der Waals surface area contributed by atoms with Gasteiger partial charge in [-0.1, -0.05) is 44.2 Å². The number of carbonyl (C=O) groups excluding carboxylic acids is 1. The summed E-state index contributed by atoms with van der Waals surface area (Å²) in [6.45, 7) is 3.62. The number of hydrogen-bond acceptors (Lipinski definition) is 4. The topological polar surface area (TPSA) is 86.5 Å². The first-order valence-corrected chi connectivity index (χ1v) is 9.68. The molecule has 1 aromatic heterocycles. The van der Waals surface area contributed by atoms with E-state index < -0.39 is 18.8 Å². The van der Waals surface area contributed by atoms with E-state index in [1.807, 2.05) is 19.9 Å². The van der Waals surface area contributed by atoms with Crippen molar-refractivity contribution in [2.24, 2.45) is 5.73 Å². The number of amides is 2. The van der Waals surface area contributed by atoms with Crippen LogP contribution < -0.4 is 15.8 Å². The summed E-state index contributed by atoms with van der Waals surface area (Å²) >= 11 is 0. The van der Waals surface area contributed by atoms with Crippen LogP contribution in [-0.2, 0) is 11.3 Å². The van der Waals surface area contributed by atoms with Gasteiger partial charge < -0.3 is 20.5 Å². The lowest BCUT2D eigenvalue weighted by Gasteiger charge is -2.09. The molecule has 0 radical (unpaired) electrons. The lowest BCUT2D eigenvalue weighted by atomic mass is 10.1. The molecule has 1 unspecified atom stereocenters. The normalized spacial score (nSPS) is 15.2. The highest BCUT2D eigenvalue weighted by Crippen LogP contribution is 2.27. The van der Waals surface area contributed by atoms with Crippen molar-refractivity contribution in [1.82, 2.24) is 10.3 Å². The number of nitrogens with two attached hydrogens (primary N) is 1. The summed E-state index contributed by atoms with van der Waals surface area (Å²) in [4.78, 5) is 14.0. The molecule has 1 aromatic carbocycles. The van der Waals surface area contributed by atoms with E-state index in [1.54, 1.807) is 0 Å². The zero-order chi connectivity index (χ0) is 22.4. The number of ether oxygens (including phenoxy) is 2. The van der Waals surface area contributed by atoms with Gasteiger partial charge in [0.25, 0.3) is 0 Å². The van der Waals surface area contributed by atoms with Crippen LogP contribution in [0.5, 0.6) is 5.88 Å². The number of halogens is 3. The highest BCUT2D eigenvalue weighted by atomic mass is 19.4. The minimum Gasteiger partial charge on any atom is -0.468 e. The molecule has 1 aliphatic heterocycles. The first kappa shape index (κ1) is 25.2. The molecule has 1 fully saturated rings. The molecule has 2 amide bonds.